The quantitative estimate of drug-likeness (QED) is 0.903. The minimum Gasteiger partial charge on any atom is -0.477 e. The highest BCUT2D eigenvalue weighted by atomic mass is 32.2. The molecular weight excluding hydrogens is 312 g/mol. The zero-order valence-electron chi connectivity index (χ0n) is 12.4. The van der Waals surface area contributed by atoms with Gasteiger partial charge in [-0.2, -0.15) is 4.31 Å². The molecule has 0 atom stereocenters. The number of aryl methyl sites for hydroxylation is 1. The standard InChI is InChI=1S/C13H20N2O4S2/c1-9-8-11(20-12(9)13(16)17)21(18,19)15-6-4-10(5-7-15)14(2)3/h8,10H,4-7H2,1-3H3,(H,16,17). The molecule has 8 heteroatoms. The van der Waals surface area contributed by atoms with Crippen molar-refractivity contribution in [2.24, 2.45) is 0 Å². The first-order chi connectivity index (χ1) is 9.73. The Balaban J connectivity index is 2.20. The molecule has 0 aliphatic carbocycles. The SMILES string of the molecule is Cc1cc(S(=O)(=O)N2CCC(N(C)C)CC2)sc1C(=O)O. The van der Waals surface area contributed by atoms with Crippen LogP contribution in [0, 0.1) is 6.92 Å². The number of sulfonamides is 1. The highest BCUT2D eigenvalue weighted by Crippen LogP contribution is 2.30. The molecule has 0 radical (unpaired) electrons. The van der Waals surface area contributed by atoms with Crippen LogP contribution in [0.3, 0.4) is 0 Å². The summed E-state index contributed by atoms with van der Waals surface area (Å²) in [6, 6.07) is 1.86. The number of piperidine rings is 1. The summed E-state index contributed by atoms with van der Waals surface area (Å²) in [6.45, 7) is 2.58. The number of carboxylic acid groups (broad SMARTS) is 1. The summed E-state index contributed by atoms with van der Waals surface area (Å²) in [7, 11) is 0.417. The largest absolute Gasteiger partial charge is 0.477 e. The van der Waals surface area contributed by atoms with Gasteiger partial charge in [0, 0.05) is 19.1 Å². The molecule has 6 nitrogen and oxygen atoms in total. The second-order valence-electron chi connectivity index (χ2n) is 5.48. The molecule has 1 aromatic heterocycles. The van der Waals surface area contributed by atoms with Gasteiger partial charge in [0.15, 0.2) is 0 Å². The topological polar surface area (TPSA) is 77.9 Å². The first kappa shape index (κ1) is 16.4. The van der Waals surface area contributed by atoms with Gasteiger partial charge in [-0.15, -0.1) is 11.3 Å². The second-order valence-corrected chi connectivity index (χ2v) is 8.70. The Labute approximate surface area is 129 Å². The lowest BCUT2D eigenvalue weighted by molar-refractivity contribution is 0.0701. The molecule has 0 amide bonds. The number of carbonyl (C=O) groups is 1. The summed E-state index contributed by atoms with van der Waals surface area (Å²) in [5.74, 6) is -1.08. The fraction of sp³-hybridized carbons (Fsp3) is 0.615. The van der Waals surface area contributed by atoms with Gasteiger partial charge in [-0.05, 0) is 45.5 Å². The molecular formula is C13H20N2O4S2. The maximum absolute atomic E-state index is 12.6. The third-order valence-electron chi connectivity index (χ3n) is 3.84. The minimum absolute atomic E-state index is 0.0942. The highest BCUT2D eigenvalue weighted by molar-refractivity contribution is 7.91. The van der Waals surface area contributed by atoms with Crippen LogP contribution in [0.5, 0.6) is 0 Å². The molecule has 118 valence electrons. The van der Waals surface area contributed by atoms with Crippen LogP contribution in [0.15, 0.2) is 10.3 Å². The predicted molar refractivity (Wildman–Crippen MR) is 81.5 cm³/mol. The number of hydrogen-bond donors (Lipinski definition) is 1. The van der Waals surface area contributed by atoms with Crippen molar-refractivity contribution in [3.63, 3.8) is 0 Å². The van der Waals surface area contributed by atoms with E-state index in [1.807, 2.05) is 14.1 Å². The first-order valence-electron chi connectivity index (χ1n) is 6.73. The normalized spacial score (nSPS) is 18.3. The Hall–Kier alpha value is -0.960. The Morgan fingerprint density at radius 3 is 2.38 bits per heavy atom. The van der Waals surface area contributed by atoms with Gasteiger partial charge >= 0.3 is 5.97 Å². The van der Waals surface area contributed by atoms with Crippen molar-refractivity contribution >= 4 is 27.3 Å². The third kappa shape index (κ3) is 3.28. The van der Waals surface area contributed by atoms with Crippen LogP contribution in [0.25, 0.3) is 0 Å². The summed E-state index contributed by atoms with van der Waals surface area (Å²) < 4.78 is 26.8. The van der Waals surface area contributed by atoms with E-state index in [2.05, 4.69) is 4.90 Å². The number of thiophene rings is 1. The van der Waals surface area contributed by atoms with E-state index in [1.54, 1.807) is 6.92 Å². The summed E-state index contributed by atoms with van der Waals surface area (Å²) in [5.41, 5.74) is 0.495. The predicted octanol–water partition coefficient (Wildman–Crippen LogP) is 1.47. The Morgan fingerprint density at radius 2 is 1.95 bits per heavy atom. The Bertz CT molecular complexity index is 629. The summed E-state index contributed by atoms with van der Waals surface area (Å²) in [4.78, 5) is 13.3. The lowest BCUT2D eigenvalue weighted by Crippen LogP contribution is -2.44. The van der Waals surface area contributed by atoms with Gasteiger partial charge in [-0.1, -0.05) is 0 Å². The fourth-order valence-corrected chi connectivity index (χ4v) is 5.52. The summed E-state index contributed by atoms with van der Waals surface area (Å²) >= 11 is 0.836. The number of hydrogen-bond acceptors (Lipinski definition) is 5. The van der Waals surface area contributed by atoms with Gasteiger partial charge in [0.1, 0.15) is 9.09 Å². The summed E-state index contributed by atoms with van der Waals surface area (Å²) in [6.07, 6.45) is 1.59. The van der Waals surface area contributed by atoms with Crippen LogP contribution >= 0.6 is 11.3 Å². The molecule has 0 aromatic carbocycles. The average molecular weight is 332 g/mol. The molecule has 1 N–H and O–H groups in total. The van der Waals surface area contributed by atoms with Gasteiger partial charge in [0.05, 0.1) is 0 Å². The molecule has 1 aliphatic heterocycles. The molecule has 0 spiro atoms. The van der Waals surface area contributed by atoms with Gasteiger partial charge in [-0.25, -0.2) is 13.2 Å². The molecule has 21 heavy (non-hydrogen) atoms. The van der Waals surface area contributed by atoms with Crippen LogP contribution in [0.4, 0.5) is 0 Å². The Morgan fingerprint density at radius 1 is 1.38 bits per heavy atom. The minimum atomic E-state index is -3.58. The van der Waals surface area contributed by atoms with E-state index in [0.717, 1.165) is 24.2 Å². The van der Waals surface area contributed by atoms with Crippen molar-refractivity contribution in [3.8, 4) is 0 Å². The van der Waals surface area contributed by atoms with Crippen molar-refractivity contribution in [1.82, 2.24) is 9.21 Å². The average Bonchev–Trinajstić information content (AvgIpc) is 2.82. The van der Waals surface area contributed by atoms with Crippen LogP contribution < -0.4 is 0 Å². The fourth-order valence-electron chi connectivity index (χ4n) is 2.52. The van der Waals surface area contributed by atoms with Crippen molar-refractivity contribution in [3.05, 3.63) is 16.5 Å². The highest BCUT2D eigenvalue weighted by Gasteiger charge is 2.32. The number of rotatable bonds is 4. The van der Waals surface area contributed by atoms with Gasteiger partial charge in [0.2, 0.25) is 0 Å². The molecule has 0 saturated carbocycles. The van der Waals surface area contributed by atoms with E-state index >= 15 is 0 Å². The van der Waals surface area contributed by atoms with E-state index in [-0.39, 0.29) is 9.09 Å². The molecule has 1 fully saturated rings. The zero-order valence-corrected chi connectivity index (χ0v) is 14.0. The van der Waals surface area contributed by atoms with E-state index in [4.69, 9.17) is 5.11 Å². The van der Waals surface area contributed by atoms with Crippen LogP contribution in [0.1, 0.15) is 28.1 Å². The molecule has 1 saturated heterocycles. The van der Waals surface area contributed by atoms with Crippen molar-refractivity contribution in [1.29, 1.82) is 0 Å². The van der Waals surface area contributed by atoms with Crippen molar-refractivity contribution < 1.29 is 18.3 Å². The third-order valence-corrected chi connectivity index (χ3v) is 7.41. The Kier molecular flexibility index (Phi) is 4.72. The maximum atomic E-state index is 12.6. The van der Waals surface area contributed by atoms with Gasteiger partial charge in [-0.3, -0.25) is 0 Å². The molecule has 1 aromatic rings. The van der Waals surface area contributed by atoms with Crippen LogP contribution in [-0.2, 0) is 10.0 Å². The van der Waals surface area contributed by atoms with Gasteiger partial charge in [0.25, 0.3) is 10.0 Å². The number of nitrogens with zero attached hydrogens (tertiary/aromatic N) is 2. The molecule has 0 unspecified atom stereocenters. The van der Waals surface area contributed by atoms with E-state index in [1.165, 1.54) is 10.4 Å². The molecule has 2 heterocycles. The second kappa shape index (κ2) is 6.04. The van der Waals surface area contributed by atoms with Gasteiger partial charge < -0.3 is 10.0 Å². The molecule has 0 bridgehead atoms. The van der Waals surface area contributed by atoms with E-state index in [9.17, 15) is 13.2 Å². The molecule has 1 aliphatic rings. The first-order valence-corrected chi connectivity index (χ1v) is 8.99. The zero-order chi connectivity index (χ0) is 15.8. The number of carboxylic acids is 1. The number of aromatic carboxylic acids is 1. The monoisotopic (exact) mass is 332 g/mol. The summed E-state index contributed by atoms with van der Waals surface area (Å²) in [5, 5.41) is 9.05. The van der Waals surface area contributed by atoms with E-state index in [0.29, 0.717) is 24.7 Å². The maximum Gasteiger partial charge on any atom is 0.346 e. The smallest absolute Gasteiger partial charge is 0.346 e. The van der Waals surface area contributed by atoms with Crippen molar-refractivity contribution in [2.75, 3.05) is 27.2 Å². The van der Waals surface area contributed by atoms with Crippen LogP contribution in [0.2, 0.25) is 0 Å². The van der Waals surface area contributed by atoms with E-state index < -0.39 is 16.0 Å². The molecule has 2 rings (SSSR count). The lowest BCUT2D eigenvalue weighted by atomic mass is 10.1. The van der Waals surface area contributed by atoms with Crippen molar-refractivity contribution in [2.45, 2.75) is 30.0 Å². The van der Waals surface area contributed by atoms with Crippen LogP contribution in [-0.4, -0.2) is 61.9 Å². The lowest BCUT2D eigenvalue weighted by Gasteiger charge is -2.34.